The molecule has 0 aliphatic heterocycles. The lowest BCUT2D eigenvalue weighted by atomic mass is 10.0. The summed E-state index contributed by atoms with van der Waals surface area (Å²) in [4.78, 5) is 13.1. The molecule has 1 N–H and O–H groups in total. The average Bonchev–Trinajstić information content (AvgIpc) is 2.57. The average molecular weight is 403 g/mol. The zero-order valence-corrected chi connectivity index (χ0v) is 18.3. The van der Waals surface area contributed by atoms with Gasteiger partial charge >= 0.3 is 0 Å². The van der Waals surface area contributed by atoms with E-state index in [1.165, 1.54) is 4.31 Å². The number of rotatable bonds is 7. The Bertz CT molecular complexity index is 932. The Hall–Kier alpha value is -2.34. The van der Waals surface area contributed by atoms with Crippen molar-refractivity contribution in [2.75, 3.05) is 15.9 Å². The van der Waals surface area contributed by atoms with Gasteiger partial charge in [0.2, 0.25) is 15.9 Å². The number of anilines is 2. The second-order valence-electron chi connectivity index (χ2n) is 7.56. The molecule has 0 heterocycles. The molecule has 6 heteroatoms. The predicted octanol–water partition coefficient (Wildman–Crippen LogP) is 4.61. The van der Waals surface area contributed by atoms with Crippen molar-refractivity contribution in [3.63, 3.8) is 0 Å². The highest BCUT2D eigenvalue weighted by Gasteiger charge is 2.32. The van der Waals surface area contributed by atoms with Gasteiger partial charge < -0.3 is 5.32 Å². The fraction of sp³-hybridized carbons (Fsp3) is 0.409. The van der Waals surface area contributed by atoms with Crippen LogP contribution in [0.4, 0.5) is 11.4 Å². The normalized spacial score (nSPS) is 12.7. The summed E-state index contributed by atoms with van der Waals surface area (Å²) in [5.74, 6) is -0.0952. The van der Waals surface area contributed by atoms with Crippen LogP contribution in [0.15, 0.2) is 42.5 Å². The minimum atomic E-state index is -3.65. The molecule has 0 bridgehead atoms. The molecule has 2 rings (SSSR count). The summed E-state index contributed by atoms with van der Waals surface area (Å²) in [5.41, 5.74) is 4.14. The van der Waals surface area contributed by atoms with Gasteiger partial charge in [0, 0.05) is 5.69 Å². The first kappa shape index (κ1) is 22.0. The third kappa shape index (κ3) is 5.13. The maximum Gasteiger partial charge on any atom is 0.248 e. The standard InChI is InChI=1S/C22H30N2O3S/c1-7-21(22(25)23-20-11-9-8-10-19(20)15(2)3)24(28(6,26)27)18-13-16(4)12-17(5)14-18/h8-15,21H,7H2,1-6H3,(H,23,25)/t21-/m1/s1. The van der Waals surface area contributed by atoms with Crippen LogP contribution in [0.3, 0.4) is 0 Å². The molecule has 0 spiro atoms. The smallest absolute Gasteiger partial charge is 0.248 e. The van der Waals surface area contributed by atoms with Crippen molar-refractivity contribution in [1.29, 1.82) is 0 Å². The van der Waals surface area contributed by atoms with Crippen molar-refractivity contribution in [2.24, 2.45) is 0 Å². The summed E-state index contributed by atoms with van der Waals surface area (Å²) in [5, 5.41) is 2.95. The zero-order chi connectivity index (χ0) is 21.1. The van der Waals surface area contributed by atoms with Crippen molar-refractivity contribution in [3.05, 3.63) is 59.2 Å². The van der Waals surface area contributed by atoms with E-state index in [1.54, 1.807) is 12.1 Å². The lowest BCUT2D eigenvalue weighted by Gasteiger charge is -2.31. The minimum absolute atomic E-state index is 0.238. The number of benzene rings is 2. The number of para-hydroxylation sites is 1. The molecule has 28 heavy (non-hydrogen) atoms. The molecule has 0 aliphatic rings. The van der Waals surface area contributed by atoms with Crippen LogP contribution in [-0.4, -0.2) is 26.6 Å². The van der Waals surface area contributed by atoms with E-state index < -0.39 is 16.1 Å². The van der Waals surface area contributed by atoms with Gasteiger partial charge in [-0.2, -0.15) is 0 Å². The Labute approximate surface area is 168 Å². The molecule has 2 aromatic carbocycles. The quantitative estimate of drug-likeness (QED) is 0.735. The Morgan fingerprint density at radius 2 is 1.64 bits per heavy atom. The predicted molar refractivity (Wildman–Crippen MR) is 116 cm³/mol. The number of hydrogen-bond donors (Lipinski definition) is 1. The SMILES string of the molecule is CC[C@H](C(=O)Nc1ccccc1C(C)C)N(c1cc(C)cc(C)c1)S(C)(=O)=O. The van der Waals surface area contributed by atoms with Crippen molar-refractivity contribution < 1.29 is 13.2 Å². The topological polar surface area (TPSA) is 66.5 Å². The Morgan fingerprint density at radius 1 is 1.07 bits per heavy atom. The molecule has 1 amide bonds. The van der Waals surface area contributed by atoms with Crippen LogP contribution in [0.5, 0.6) is 0 Å². The first-order valence-corrected chi connectivity index (χ1v) is 11.4. The molecule has 0 aliphatic carbocycles. The largest absolute Gasteiger partial charge is 0.324 e. The highest BCUT2D eigenvalue weighted by molar-refractivity contribution is 7.92. The van der Waals surface area contributed by atoms with Gasteiger partial charge in [0.15, 0.2) is 0 Å². The van der Waals surface area contributed by atoms with Gasteiger partial charge in [0.1, 0.15) is 6.04 Å². The van der Waals surface area contributed by atoms with Crippen molar-refractivity contribution >= 4 is 27.3 Å². The lowest BCUT2D eigenvalue weighted by molar-refractivity contribution is -0.117. The van der Waals surface area contributed by atoms with Gasteiger partial charge in [-0.05, 0) is 61.1 Å². The molecule has 0 unspecified atom stereocenters. The Balaban J connectivity index is 2.46. The third-order valence-corrected chi connectivity index (χ3v) is 5.81. The van der Waals surface area contributed by atoms with Crippen LogP contribution >= 0.6 is 0 Å². The highest BCUT2D eigenvalue weighted by atomic mass is 32.2. The molecule has 0 fully saturated rings. The first-order valence-electron chi connectivity index (χ1n) is 9.52. The van der Waals surface area contributed by atoms with Crippen LogP contribution in [0.25, 0.3) is 0 Å². The van der Waals surface area contributed by atoms with Crippen molar-refractivity contribution in [3.8, 4) is 0 Å². The summed E-state index contributed by atoms with van der Waals surface area (Å²) >= 11 is 0. The molecule has 0 saturated heterocycles. The van der Waals surface area contributed by atoms with Gasteiger partial charge in [-0.1, -0.05) is 45.0 Å². The lowest BCUT2D eigenvalue weighted by Crippen LogP contribution is -2.47. The molecule has 152 valence electrons. The molecule has 0 aromatic heterocycles. The van der Waals surface area contributed by atoms with E-state index in [-0.39, 0.29) is 11.8 Å². The van der Waals surface area contributed by atoms with Crippen LogP contribution < -0.4 is 9.62 Å². The van der Waals surface area contributed by atoms with Gasteiger partial charge in [0.05, 0.1) is 11.9 Å². The van der Waals surface area contributed by atoms with E-state index in [1.807, 2.05) is 51.1 Å². The summed E-state index contributed by atoms with van der Waals surface area (Å²) < 4.78 is 26.5. The van der Waals surface area contributed by atoms with Crippen molar-refractivity contribution in [1.82, 2.24) is 0 Å². The molecular weight excluding hydrogens is 372 g/mol. The van der Waals surface area contributed by atoms with Crippen LogP contribution in [-0.2, 0) is 14.8 Å². The maximum atomic E-state index is 13.1. The highest BCUT2D eigenvalue weighted by Crippen LogP contribution is 2.28. The van der Waals surface area contributed by atoms with E-state index in [0.29, 0.717) is 12.1 Å². The van der Waals surface area contributed by atoms with Gasteiger partial charge in [-0.25, -0.2) is 8.42 Å². The molecule has 2 aromatic rings. The fourth-order valence-corrected chi connectivity index (χ4v) is 4.66. The maximum absolute atomic E-state index is 13.1. The van der Waals surface area contributed by atoms with Gasteiger partial charge in [0.25, 0.3) is 0 Å². The van der Waals surface area contributed by atoms with E-state index >= 15 is 0 Å². The summed E-state index contributed by atoms with van der Waals surface area (Å²) in [6, 6.07) is 12.3. The number of nitrogens with zero attached hydrogens (tertiary/aromatic N) is 1. The third-order valence-electron chi connectivity index (χ3n) is 4.63. The second-order valence-corrected chi connectivity index (χ2v) is 9.42. The fourth-order valence-electron chi connectivity index (χ4n) is 3.47. The number of carbonyl (C=O) groups excluding carboxylic acids is 1. The second kappa shape index (κ2) is 8.78. The van der Waals surface area contributed by atoms with Crippen molar-refractivity contribution in [2.45, 2.75) is 53.0 Å². The molecule has 0 radical (unpaired) electrons. The van der Waals surface area contributed by atoms with Crippen LogP contribution in [0, 0.1) is 13.8 Å². The van der Waals surface area contributed by atoms with Crippen LogP contribution in [0.1, 0.15) is 49.8 Å². The summed E-state index contributed by atoms with van der Waals surface area (Å²) in [6.45, 7) is 9.76. The van der Waals surface area contributed by atoms with E-state index in [9.17, 15) is 13.2 Å². The Morgan fingerprint density at radius 3 is 2.14 bits per heavy atom. The van der Waals surface area contributed by atoms with Gasteiger partial charge in [-0.3, -0.25) is 9.10 Å². The van der Waals surface area contributed by atoms with Crippen LogP contribution in [0.2, 0.25) is 0 Å². The molecule has 5 nitrogen and oxygen atoms in total. The molecule has 1 atom stereocenters. The summed E-state index contributed by atoms with van der Waals surface area (Å²) in [6.07, 6.45) is 1.50. The van der Waals surface area contributed by atoms with E-state index in [2.05, 4.69) is 19.2 Å². The Kier molecular flexibility index (Phi) is 6.88. The first-order chi connectivity index (χ1) is 13.0. The summed E-state index contributed by atoms with van der Waals surface area (Å²) in [7, 11) is -3.65. The van der Waals surface area contributed by atoms with E-state index in [4.69, 9.17) is 0 Å². The minimum Gasteiger partial charge on any atom is -0.324 e. The number of hydrogen-bond acceptors (Lipinski definition) is 3. The molecule has 0 saturated carbocycles. The number of aryl methyl sites for hydroxylation is 2. The number of amides is 1. The number of carbonyl (C=O) groups is 1. The zero-order valence-electron chi connectivity index (χ0n) is 17.5. The number of sulfonamides is 1. The van der Waals surface area contributed by atoms with Gasteiger partial charge in [-0.15, -0.1) is 0 Å². The monoisotopic (exact) mass is 402 g/mol. The number of nitrogens with one attached hydrogen (secondary N) is 1. The van der Waals surface area contributed by atoms with E-state index in [0.717, 1.165) is 28.6 Å². The molecular formula is C22H30N2O3S.